The van der Waals surface area contributed by atoms with Gasteiger partial charge in [-0.1, -0.05) is 34.6 Å². The number of nitrogens with one attached hydrogen (secondary N) is 4. The van der Waals surface area contributed by atoms with Crippen LogP contribution in [0.3, 0.4) is 0 Å². The molecule has 1 aliphatic heterocycles. The summed E-state index contributed by atoms with van der Waals surface area (Å²) in [5, 5.41) is 19.1. The fraction of sp³-hybridized carbons (Fsp3) is 0.750. The molecule has 0 aliphatic carbocycles. The Morgan fingerprint density at radius 1 is 1.17 bits per heavy atom. The molecular formula is C20H34N4O6. The van der Waals surface area contributed by atoms with Gasteiger partial charge < -0.3 is 31.2 Å². The Hall–Kier alpha value is -2.65. The number of aldehydes is 1. The van der Waals surface area contributed by atoms with Gasteiger partial charge >= 0.3 is 6.09 Å². The summed E-state index contributed by atoms with van der Waals surface area (Å²) in [5.41, 5.74) is -0.329. The molecule has 1 aliphatic rings. The first-order valence-corrected chi connectivity index (χ1v) is 10.2. The summed E-state index contributed by atoms with van der Waals surface area (Å²) in [5.74, 6) is -1.99. The van der Waals surface area contributed by atoms with Gasteiger partial charge in [0.15, 0.2) is 0 Å². The van der Waals surface area contributed by atoms with Gasteiger partial charge in [-0.3, -0.25) is 14.4 Å². The van der Waals surface area contributed by atoms with Gasteiger partial charge in [-0.05, 0) is 30.6 Å². The number of carbonyl (C=O) groups is 5. The van der Waals surface area contributed by atoms with Crippen molar-refractivity contribution >= 4 is 30.1 Å². The fourth-order valence-electron chi connectivity index (χ4n) is 3.36. The molecule has 170 valence electrons. The number of carbonyl (C=O) groups excluding carboxylic acids is 4. The quantitative estimate of drug-likeness (QED) is 0.319. The Bertz CT molecular complexity index is 658. The number of hydrogen-bond acceptors (Lipinski definition) is 5. The molecule has 0 spiro atoms. The lowest BCUT2D eigenvalue weighted by molar-refractivity contribution is -0.132. The summed E-state index contributed by atoms with van der Waals surface area (Å²) in [6, 6.07) is -2.85. The van der Waals surface area contributed by atoms with Crippen LogP contribution in [0.5, 0.6) is 0 Å². The predicted octanol–water partition coefficient (Wildman–Crippen LogP) is 0.410. The summed E-state index contributed by atoms with van der Waals surface area (Å²) >= 11 is 0. The van der Waals surface area contributed by atoms with Crippen molar-refractivity contribution in [1.82, 2.24) is 21.3 Å². The fourth-order valence-corrected chi connectivity index (χ4v) is 3.36. The zero-order valence-electron chi connectivity index (χ0n) is 18.3. The van der Waals surface area contributed by atoms with Crippen LogP contribution in [0.4, 0.5) is 4.79 Å². The van der Waals surface area contributed by atoms with Crippen LogP contribution in [-0.2, 0) is 19.2 Å². The normalized spacial score (nSPS) is 19.4. The highest BCUT2D eigenvalue weighted by atomic mass is 16.4. The molecule has 10 heteroatoms. The van der Waals surface area contributed by atoms with Crippen LogP contribution in [-0.4, -0.2) is 59.9 Å². The van der Waals surface area contributed by atoms with Crippen molar-refractivity contribution in [3.63, 3.8) is 0 Å². The topological polar surface area (TPSA) is 154 Å². The molecule has 0 saturated carbocycles. The highest BCUT2D eigenvalue weighted by Gasteiger charge is 2.33. The average Bonchev–Trinajstić information content (AvgIpc) is 3.01. The van der Waals surface area contributed by atoms with Crippen LogP contribution in [0.25, 0.3) is 0 Å². The first kappa shape index (κ1) is 25.4. The molecule has 0 aromatic heterocycles. The van der Waals surface area contributed by atoms with E-state index in [0.717, 1.165) is 0 Å². The van der Waals surface area contributed by atoms with Gasteiger partial charge in [0, 0.05) is 12.5 Å². The molecule has 0 radical (unpaired) electrons. The van der Waals surface area contributed by atoms with E-state index in [2.05, 4.69) is 21.3 Å². The molecular weight excluding hydrogens is 392 g/mol. The zero-order chi connectivity index (χ0) is 23.1. The first-order chi connectivity index (χ1) is 13.8. The van der Waals surface area contributed by atoms with Crippen molar-refractivity contribution in [3.05, 3.63) is 0 Å². The SMILES string of the molecule is CC(C)C(NC(=O)O)C(=O)NC(CC(C)(C)C)C(=O)NC(C=O)C[C@@H]1CCNC1=O. The van der Waals surface area contributed by atoms with E-state index in [1.54, 1.807) is 13.8 Å². The van der Waals surface area contributed by atoms with Crippen molar-refractivity contribution < 1.29 is 29.1 Å². The smallest absolute Gasteiger partial charge is 0.405 e. The molecule has 1 rings (SSSR count). The lowest BCUT2D eigenvalue weighted by Gasteiger charge is -2.29. The lowest BCUT2D eigenvalue weighted by Crippen LogP contribution is -2.57. The third-order valence-corrected chi connectivity index (χ3v) is 4.87. The van der Waals surface area contributed by atoms with Crippen LogP contribution >= 0.6 is 0 Å². The van der Waals surface area contributed by atoms with E-state index in [9.17, 15) is 24.0 Å². The highest BCUT2D eigenvalue weighted by Crippen LogP contribution is 2.22. The number of hydrogen-bond donors (Lipinski definition) is 5. The van der Waals surface area contributed by atoms with Crippen molar-refractivity contribution in [1.29, 1.82) is 0 Å². The molecule has 3 unspecified atom stereocenters. The average molecular weight is 427 g/mol. The van der Waals surface area contributed by atoms with Gasteiger partial charge in [0.1, 0.15) is 18.4 Å². The Labute approximate surface area is 176 Å². The van der Waals surface area contributed by atoms with Crippen molar-refractivity contribution in [2.24, 2.45) is 17.3 Å². The Balaban J connectivity index is 2.90. The van der Waals surface area contributed by atoms with Gasteiger partial charge in [-0.2, -0.15) is 0 Å². The monoisotopic (exact) mass is 426 g/mol. The molecule has 1 saturated heterocycles. The minimum absolute atomic E-state index is 0.143. The van der Waals surface area contributed by atoms with E-state index in [1.165, 1.54) is 0 Å². The summed E-state index contributed by atoms with van der Waals surface area (Å²) in [7, 11) is 0. The molecule has 0 aromatic rings. The number of rotatable bonds is 10. The van der Waals surface area contributed by atoms with Gasteiger partial charge in [0.2, 0.25) is 17.7 Å². The van der Waals surface area contributed by atoms with Crippen molar-refractivity contribution in [2.45, 2.75) is 72.0 Å². The Morgan fingerprint density at radius 3 is 2.23 bits per heavy atom. The standard InChI is InChI=1S/C20H34N4O6/c1-11(2)15(24-19(29)30)18(28)23-14(9-20(3,4)5)17(27)22-13(10-25)8-12-6-7-21-16(12)26/h10-15,24H,6-9H2,1-5H3,(H,21,26)(H,22,27)(H,23,28)(H,29,30)/t12-,13?,14?,15?/m0/s1. The summed E-state index contributed by atoms with van der Waals surface area (Å²) in [4.78, 5) is 59.8. The second kappa shape index (κ2) is 10.9. The molecule has 4 atom stereocenters. The Morgan fingerprint density at radius 2 is 1.80 bits per heavy atom. The largest absolute Gasteiger partial charge is 0.465 e. The summed E-state index contributed by atoms with van der Waals surface area (Å²) in [6.07, 6.45) is 0.307. The molecule has 5 N–H and O–H groups in total. The maximum absolute atomic E-state index is 12.9. The van der Waals surface area contributed by atoms with Crippen LogP contribution in [0.15, 0.2) is 0 Å². The predicted molar refractivity (Wildman–Crippen MR) is 110 cm³/mol. The van der Waals surface area contributed by atoms with Crippen LogP contribution in [0, 0.1) is 17.3 Å². The van der Waals surface area contributed by atoms with E-state index in [4.69, 9.17) is 5.11 Å². The van der Waals surface area contributed by atoms with Gasteiger partial charge in [-0.25, -0.2) is 4.79 Å². The molecule has 10 nitrogen and oxygen atoms in total. The molecule has 0 bridgehead atoms. The molecule has 1 heterocycles. The maximum atomic E-state index is 12.9. The minimum Gasteiger partial charge on any atom is -0.465 e. The second-order valence-electron chi connectivity index (χ2n) is 9.26. The summed E-state index contributed by atoms with van der Waals surface area (Å²) in [6.45, 7) is 9.61. The van der Waals surface area contributed by atoms with Gasteiger partial charge in [0.25, 0.3) is 0 Å². The van der Waals surface area contributed by atoms with Crippen LogP contribution in [0.1, 0.15) is 53.9 Å². The van der Waals surface area contributed by atoms with E-state index < -0.39 is 36.0 Å². The third-order valence-electron chi connectivity index (χ3n) is 4.87. The van der Waals surface area contributed by atoms with Crippen molar-refractivity contribution in [3.8, 4) is 0 Å². The molecule has 1 fully saturated rings. The van der Waals surface area contributed by atoms with Gasteiger partial charge in [0.05, 0.1) is 6.04 Å². The minimum atomic E-state index is -1.34. The Kier molecular flexibility index (Phi) is 9.25. The molecule has 0 aromatic carbocycles. The van der Waals surface area contributed by atoms with E-state index in [0.29, 0.717) is 19.3 Å². The van der Waals surface area contributed by atoms with E-state index >= 15 is 0 Å². The maximum Gasteiger partial charge on any atom is 0.405 e. The molecule has 4 amide bonds. The lowest BCUT2D eigenvalue weighted by atomic mass is 9.87. The van der Waals surface area contributed by atoms with Gasteiger partial charge in [-0.15, -0.1) is 0 Å². The summed E-state index contributed by atoms with van der Waals surface area (Å²) < 4.78 is 0. The highest BCUT2D eigenvalue weighted by molar-refractivity contribution is 5.92. The van der Waals surface area contributed by atoms with Crippen molar-refractivity contribution in [2.75, 3.05) is 6.54 Å². The van der Waals surface area contributed by atoms with E-state index in [-0.39, 0.29) is 36.0 Å². The molecule has 30 heavy (non-hydrogen) atoms. The van der Waals surface area contributed by atoms with Crippen LogP contribution < -0.4 is 21.3 Å². The number of carboxylic acid groups (broad SMARTS) is 1. The van der Waals surface area contributed by atoms with E-state index in [1.807, 2.05) is 20.8 Å². The second-order valence-corrected chi connectivity index (χ2v) is 9.26. The zero-order valence-corrected chi connectivity index (χ0v) is 18.3. The van der Waals surface area contributed by atoms with Crippen LogP contribution in [0.2, 0.25) is 0 Å². The third kappa shape index (κ3) is 8.38. The first-order valence-electron chi connectivity index (χ1n) is 10.2. The number of amides is 4.